The lowest BCUT2D eigenvalue weighted by atomic mass is 9.89. The summed E-state index contributed by atoms with van der Waals surface area (Å²) in [5.41, 5.74) is 0.234. The molecular formula is C14H24N2O3. The van der Waals surface area contributed by atoms with Crippen molar-refractivity contribution in [3.63, 3.8) is 0 Å². The van der Waals surface area contributed by atoms with Gasteiger partial charge in [-0.1, -0.05) is 19.8 Å². The third-order valence-electron chi connectivity index (χ3n) is 4.53. The first-order valence-electron chi connectivity index (χ1n) is 7.26. The number of nitrogens with zero attached hydrogens (tertiary/aromatic N) is 1. The number of hydrogen-bond donors (Lipinski definition) is 2. The molecule has 2 amide bonds. The van der Waals surface area contributed by atoms with Crippen molar-refractivity contribution in [3.05, 3.63) is 0 Å². The molecule has 0 bridgehead atoms. The van der Waals surface area contributed by atoms with E-state index in [9.17, 15) is 9.59 Å². The zero-order valence-corrected chi connectivity index (χ0v) is 11.7. The van der Waals surface area contributed by atoms with Gasteiger partial charge in [-0.2, -0.15) is 0 Å². The fraction of sp³-hybridized carbons (Fsp3) is 0.857. The Balaban J connectivity index is 1.83. The Morgan fingerprint density at radius 1 is 1.32 bits per heavy atom. The van der Waals surface area contributed by atoms with Crippen molar-refractivity contribution in [1.82, 2.24) is 10.2 Å². The van der Waals surface area contributed by atoms with E-state index < -0.39 is 5.97 Å². The van der Waals surface area contributed by atoms with E-state index in [1.807, 2.05) is 0 Å². The first-order chi connectivity index (χ1) is 9.00. The van der Waals surface area contributed by atoms with Crippen molar-refractivity contribution in [3.8, 4) is 0 Å². The quantitative estimate of drug-likeness (QED) is 0.821. The van der Waals surface area contributed by atoms with Gasteiger partial charge in [-0.3, -0.25) is 4.79 Å². The molecule has 5 nitrogen and oxygen atoms in total. The number of aliphatic carboxylic acids is 1. The van der Waals surface area contributed by atoms with Crippen LogP contribution in [0.1, 0.15) is 51.9 Å². The number of likely N-dealkylation sites (tertiary alicyclic amines) is 1. The predicted molar refractivity (Wildman–Crippen MR) is 72.0 cm³/mol. The number of rotatable bonds is 4. The molecule has 1 unspecified atom stereocenters. The van der Waals surface area contributed by atoms with Crippen LogP contribution >= 0.6 is 0 Å². The summed E-state index contributed by atoms with van der Waals surface area (Å²) in [6.07, 6.45) is 6.61. The van der Waals surface area contributed by atoms with Crippen molar-refractivity contribution >= 4 is 12.0 Å². The summed E-state index contributed by atoms with van der Waals surface area (Å²) < 4.78 is 0. The number of carbonyl (C=O) groups excluding carboxylic acids is 1. The van der Waals surface area contributed by atoms with Crippen LogP contribution in [-0.4, -0.2) is 41.1 Å². The monoisotopic (exact) mass is 268 g/mol. The molecule has 2 aliphatic rings. The molecule has 1 heterocycles. The molecule has 0 radical (unpaired) electrons. The maximum atomic E-state index is 12.2. The van der Waals surface area contributed by atoms with Crippen LogP contribution in [0.25, 0.3) is 0 Å². The van der Waals surface area contributed by atoms with E-state index in [-0.39, 0.29) is 23.9 Å². The second-order valence-corrected chi connectivity index (χ2v) is 6.26. The minimum absolute atomic E-state index is 0.0602. The Hall–Kier alpha value is -1.26. The van der Waals surface area contributed by atoms with Crippen molar-refractivity contribution < 1.29 is 14.7 Å². The van der Waals surface area contributed by atoms with Gasteiger partial charge in [0.15, 0.2) is 0 Å². The molecule has 108 valence electrons. The predicted octanol–water partition coefficient (Wildman–Crippen LogP) is 2.22. The second kappa shape index (κ2) is 5.80. The van der Waals surface area contributed by atoms with Crippen LogP contribution in [0.3, 0.4) is 0 Å². The van der Waals surface area contributed by atoms with Crippen LogP contribution in [-0.2, 0) is 4.79 Å². The molecule has 2 N–H and O–H groups in total. The Morgan fingerprint density at radius 3 is 2.63 bits per heavy atom. The van der Waals surface area contributed by atoms with Gasteiger partial charge in [0.1, 0.15) is 0 Å². The zero-order chi connectivity index (χ0) is 13.9. The molecule has 1 saturated carbocycles. The third kappa shape index (κ3) is 3.61. The summed E-state index contributed by atoms with van der Waals surface area (Å²) in [6.45, 7) is 3.61. The molecule has 0 aromatic carbocycles. The largest absolute Gasteiger partial charge is 0.481 e. The molecule has 0 aromatic rings. The molecule has 0 spiro atoms. The Bertz CT molecular complexity index is 351. The molecule has 2 rings (SSSR count). The second-order valence-electron chi connectivity index (χ2n) is 6.26. The molecule has 2 fully saturated rings. The van der Waals surface area contributed by atoms with Crippen LogP contribution in [0, 0.1) is 5.41 Å². The fourth-order valence-electron chi connectivity index (χ4n) is 3.31. The van der Waals surface area contributed by atoms with Crippen LogP contribution in [0.2, 0.25) is 0 Å². The fourth-order valence-corrected chi connectivity index (χ4v) is 3.31. The number of amides is 2. The lowest BCUT2D eigenvalue weighted by Crippen LogP contribution is -2.46. The van der Waals surface area contributed by atoms with E-state index in [1.54, 1.807) is 4.90 Å². The van der Waals surface area contributed by atoms with E-state index >= 15 is 0 Å². The highest BCUT2D eigenvalue weighted by Crippen LogP contribution is 2.36. The van der Waals surface area contributed by atoms with Crippen molar-refractivity contribution in [2.24, 2.45) is 5.41 Å². The highest BCUT2D eigenvalue weighted by Gasteiger charge is 2.33. The minimum atomic E-state index is -0.826. The van der Waals surface area contributed by atoms with Gasteiger partial charge in [-0.05, 0) is 31.1 Å². The van der Waals surface area contributed by atoms with Gasteiger partial charge in [0.25, 0.3) is 0 Å². The van der Waals surface area contributed by atoms with Gasteiger partial charge < -0.3 is 15.3 Å². The number of hydrogen-bond acceptors (Lipinski definition) is 2. The van der Waals surface area contributed by atoms with E-state index in [4.69, 9.17) is 5.11 Å². The Kier molecular flexibility index (Phi) is 4.32. The van der Waals surface area contributed by atoms with Crippen LogP contribution in [0.4, 0.5) is 4.79 Å². The molecule has 1 aliphatic heterocycles. The summed E-state index contributed by atoms with van der Waals surface area (Å²) in [4.78, 5) is 24.6. The van der Waals surface area contributed by atoms with Gasteiger partial charge in [-0.25, -0.2) is 4.79 Å². The van der Waals surface area contributed by atoms with E-state index in [1.165, 1.54) is 25.7 Å². The minimum Gasteiger partial charge on any atom is -0.481 e. The van der Waals surface area contributed by atoms with Gasteiger partial charge in [-0.15, -0.1) is 0 Å². The maximum absolute atomic E-state index is 12.2. The van der Waals surface area contributed by atoms with Crippen LogP contribution in [0.15, 0.2) is 0 Å². The molecule has 1 atom stereocenters. The van der Waals surface area contributed by atoms with E-state index in [0.29, 0.717) is 13.1 Å². The maximum Gasteiger partial charge on any atom is 0.317 e. The highest BCUT2D eigenvalue weighted by atomic mass is 16.4. The summed E-state index contributed by atoms with van der Waals surface area (Å²) in [7, 11) is 0. The number of urea groups is 1. The van der Waals surface area contributed by atoms with Gasteiger partial charge in [0.2, 0.25) is 0 Å². The number of nitrogens with one attached hydrogen (secondary N) is 1. The number of carboxylic acids is 1. The molecular weight excluding hydrogens is 244 g/mol. The summed E-state index contributed by atoms with van der Waals surface area (Å²) in [5, 5.41) is 11.9. The first-order valence-corrected chi connectivity index (χ1v) is 7.26. The van der Waals surface area contributed by atoms with Crippen molar-refractivity contribution in [1.29, 1.82) is 0 Å². The molecule has 5 heteroatoms. The normalized spacial score (nSPS) is 25.5. The standard InChI is InChI=1S/C14H24N2O3/c1-14(6-2-3-7-14)10-15-13(19)16-8-4-5-11(16)9-12(17)18/h11H,2-10H2,1H3,(H,15,19)(H,17,18). The lowest BCUT2D eigenvalue weighted by Gasteiger charge is -2.28. The highest BCUT2D eigenvalue weighted by molar-refractivity contribution is 5.76. The number of carboxylic acid groups (broad SMARTS) is 1. The van der Waals surface area contributed by atoms with Gasteiger partial charge >= 0.3 is 12.0 Å². The number of carbonyl (C=O) groups is 2. The molecule has 19 heavy (non-hydrogen) atoms. The third-order valence-corrected chi connectivity index (χ3v) is 4.53. The van der Waals surface area contributed by atoms with Crippen molar-refractivity contribution in [2.75, 3.05) is 13.1 Å². The first kappa shape index (κ1) is 14.2. The summed E-state index contributed by atoms with van der Waals surface area (Å²) >= 11 is 0. The molecule has 1 aliphatic carbocycles. The smallest absolute Gasteiger partial charge is 0.317 e. The summed E-state index contributed by atoms with van der Waals surface area (Å²) in [6, 6.07) is -0.217. The van der Waals surface area contributed by atoms with E-state index in [2.05, 4.69) is 12.2 Å². The molecule has 1 saturated heterocycles. The Labute approximate surface area is 114 Å². The van der Waals surface area contributed by atoms with Gasteiger partial charge in [0.05, 0.1) is 6.42 Å². The lowest BCUT2D eigenvalue weighted by molar-refractivity contribution is -0.137. The van der Waals surface area contributed by atoms with Gasteiger partial charge in [0, 0.05) is 19.1 Å². The SMILES string of the molecule is CC1(CNC(=O)N2CCCC2CC(=O)O)CCCC1. The van der Waals surface area contributed by atoms with E-state index in [0.717, 1.165) is 12.8 Å². The molecule has 0 aromatic heterocycles. The summed E-state index contributed by atoms with van der Waals surface area (Å²) in [5.74, 6) is -0.826. The zero-order valence-electron chi connectivity index (χ0n) is 11.7. The topological polar surface area (TPSA) is 69.6 Å². The van der Waals surface area contributed by atoms with Crippen LogP contribution in [0.5, 0.6) is 0 Å². The average molecular weight is 268 g/mol. The van der Waals surface area contributed by atoms with Crippen molar-refractivity contribution in [2.45, 2.75) is 57.9 Å². The Morgan fingerprint density at radius 2 is 2.00 bits per heavy atom. The average Bonchev–Trinajstić information content (AvgIpc) is 2.95. The van der Waals surface area contributed by atoms with Crippen LogP contribution < -0.4 is 5.32 Å².